The van der Waals surface area contributed by atoms with Crippen molar-refractivity contribution in [3.05, 3.63) is 35.9 Å². The zero-order valence-electron chi connectivity index (χ0n) is 10.8. The standard InChI is InChI=1S/C14H24N2/c1-11(10-16-14(2,3)4)13(15)12-8-6-5-7-9-12/h5-9,11,13,16H,10,15H2,1-4H3. The number of rotatable bonds is 4. The molecule has 0 aliphatic carbocycles. The first kappa shape index (κ1) is 13.2. The number of benzene rings is 1. The van der Waals surface area contributed by atoms with Crippen LogP contribution >= 0.6 is 0 Å². The first-order valence-corrected chi connectivity index (χ1v) is 5.96. The highest BCUT2D eigenvalue weighted by molar-refractivity contribution is 5.19. The van der Waals surface area contributed by atoms with Gasteiger partial charge in [-0.1, -0.05) is 37.3 Å². The van der Waals surface area contributed by atoms with Crippen LogP contribution in [0.3, 0.4) is 0 Å². The molecule has 1 aromatic carbocycles. The van der Waals surface area contributed by atoms with Crippen LogP contribution in [0.4, 0.5) is 0 Å². The van der Waals surface area contributed by atoms with Crippen molar-refractivity contribution in [1.82, 2.24) is 5.32 Å². The summed E-state index contributed by atoms with van der Waals surface area (Å²) in [7, 11) is 0. The molecule has 0 radical (unpaired) electrons. The molecule has 0 amide bonds. The molecule has 1 aromatic rings. The molecule has 16 heavy (non-hydrogen) atoms. The van der Waals surface area contributed by atoms with Crippen molar-refractivity contribution < 1.29 is 0 Å². The number of hydrogen-bond donors (Lipinski definition) is 2. The fourth-order valence-corrected chi connectivity index (χ4v) is 1.60. The van der Waals surface area contributed by atoms with Gasteiger partial charge in [0, 0.05) is 11.6 Å². The third kappa shape index (κ3) is 4.33. The fraction of sp³-hybridized carbons (Fsp3) is 0.571. The lowest BCUT2D eigenvalue weighted by molar-refractivity contribution is 0.354. The predicted octanol–water partition coefficient (Wildman–Crippen LogP) is 2.71. The number of nitrogens with one attached hydrogen (secondary N) is 1. The van der Waals surface area contributed by atoms with Gasteiger partial charge in [0.05, 0.1) is 0 Å². The van der Waals surface area contributed by atoms with Crippen LogP contribution in [0.2, 0.25) is 0 Å². The second-order valence-corrected chi connectivity index (χ2v) is 5.54. The van der Waals surface area contributed by atoms with Gasteiger partial charge >= 0.3 is 0 Å². The molecule has 0 aliphatic rings. The summed E-state index contributed by atoms with van der Waals surface area (Å²) in [5, 5.41) is 3.49. The van der Waals surface area contributed by atoms with Crippen molar-refractivity contribution >= 4 is 0 Å². The molecule has 0 spiro atoms. The third-order valence-electron chi connectivity index (χ3n) is 2.75. The van der Waals surface area contributed by atoms with Crippen LogP contribution in [-0.4, -0.2) is 12.1 Å². The maximum Gasteiger partial charge on any atom is 0.0333 e. The smallest absolute Gasteiger partial charge is 0.0333 e. The summed E-state index contributed by atoms with van der Waals surface area (Å²) in [6.45, 7) is 9.66. The Bertz CT molecular complexity index is 300. The molecule has 90 valence electrons. The fourth-order valence-electron chi connectivity index (χ4n) is 1.60. The highest BCUT2D eigenvalue weighted by Gasteiger charge is 2.17. The van der Waals surface area contributed by atoms with E-state index in [1.165, 1.54) is 5.56 Å². The molecule has 0 heterocycles. The Balaban J connectivity index is 2.52. The molecule has 2 atom stereocenters. The predicted molar refractivity (Wildman–Crippen MR) is 70.3 cm³/mol. The molecule has 0 aliphatic heterocycles. The van der Waals surface area contributed by atoms with Crippen molar-refractivity contribution in [3.8, 4) is 0 Å². The van der Waals surface area contributed by atoms with E-state index in [1.807, 2.05) is 18.2 Å². The van der Waals surface area contributed by atoms with Gasteiger partial charge in [-0.25, -0.2) is 0 Å². The van der Waals surface area contributed by atoms with Gasteiger partial charge in [-0.05, 0) is 38.8 Å². The van der Waals surface area contributed by atoms with Gasteiger partial charge in [0.2, 0.25) is 0 Å². The van der Waals surface area contributed by atoms with Crippen LogP contribution in [0.5, 0.6) is 0 Å². The van der Waals surface area contributed by atoms with Crippen molar-refractivity contribution in [2.24, 2.45) is 11.7 Å². The SMILES string of the molecule is CC(CNC(C)(C)C)C(N)c1ccccc1. The van der Waals surface area contributed by atoms with Gasteiger partial charge in [-0.2, -0.15) is 0 Å². The Morgan fingerprint density at radius 1 is 1.19 bits per heavy atom. The Labute approximate surface area is 99.2 Å². The van der Waals surface area contributed by atoms with Crippen molar-refractivity contribution in [2.45, 2.75) is 39.3 Å². The van der Waals surface area contributed by atoms with Crippen LogP contribution in [0, 0.1) is 5.92 Å². The van der Waals surface area contributed by atoms with E-state index in [-0.39, 0.29) is 11.6 Å². The second-order valence-electron chi connectivity index (χ2n) is 5.54. The molecule has 3 N–H and O–H groups in total. The minimum Gasteiger partial charge on any atom is -0.324 e. The van der Waals surface area contributed by atoms with Crippen LogP contribution < -0.4 is 11.1 Å². The van der Waals surface area contributed by atoms with Crippen molar-refractivity contribution in [3.63, 3.8) is 0 Å². The molecule has 2 heteroatoms. The first-order chi connectivity index (χ1) is 7.40. The van der Waals surface area contributed by atoms with Crippen molar-refractivity contribution in [1.29, 1.82) is 0 Å². The van der Waals surface area contributed by atoms with Crippen LogP contribution in [0.1, 0.15) is 39.3 Å². The van der Waals surface area contributed by atoms with Gasteiger partial charge in [0.1, 0.15) is 0 Å². The highest BCUT2D eigenvalue weighted by atomic mass is 14.9. The molecule has 0 bridgehead atoms. The molecule has 2 nitrogen and oxygen atoms in total. The topological polar surface area (TPSA) is 38.0 Å². The third-order valence-corrected chi connectivity index (χ3v) is 2.75. The van der Waals surface area contributed by atoms with E-state index in [2.05, 4.69) is 45.1 Å². The lowest BCUT2D eigenvalue weighted by atomic mass is 9.94. The van der Waals surface area contributed by atoms with E-state index in [0.717, 1.165) is 6.54 Å². The molecular weight excluding hydrogens is 196 g/mol. The second kappa shape index (κ2) is 5.46. The molecule has 0 saturated heterocycles. The van der Waals surface area contributed by atoms with Gasteiger partial charge in [0.25, 0.3) is 0 Å². The largest absolute Gasteiger partial charge is 0.324 e. The Morgan fingerprint density at radius 3 is 2.25 bits per heavy atom. The normalized spacial score (nSPS) is 15.8. The van der Waals surface area contributed by atoms with E-state index in [9.17, 15) is 0 Å². The van der Waals surface area contributed by atoms with Gasteiger partial charge in [0.15, 0.2) is 0 Å². The quantitative estimate of drug-likeness (QED) is 0.818. The number of hydrogen-bond acceptors (Lipinski definition) is 2. The Hall–Kier alpha value is -0.860. The van der Waals surface area contributed by atoms with E-state index in [0.29, 0.717) is 5.92 Å². The van der Waals surface area contributed by atoms with Gasteiger partial charge < -0.3 is 11.1 Å². The minimum atomic E-state index is 0.107. The lowest BCUT2D eigenvalue weighted by Gasteiger charge is -2.26. The lowest BCUT2D eigenvalue weighted by Crippen LogP contribution is -2.40. The summed E-state index contributed by atoms with van der Waals surface area (Å²) in [6.07, 6.45) is 0. The summed E-state index contributed by atoms with van der Waals surface area (Å²) < 4.78 is 0. The van der Waals surface area contributed by atoms with Crippen molar-refractivity contribution in [2.75, 3.05) is 6.54 Å². The molecule has 2 unspecified atom stereocenters. The summed E-state index contributed by atoms with van der Waals surface area (Å²) in [5.41, 5.74) is 7.60. The summed E-state index contributed by atoms with van der Waals surface area (Å²) in [5.74, 6) is 0.432. The van der Waals surface area contributed by atoms with E-state index in [1.54, 1.807) is 0 Å². The van der Waals surface area contributed by atoms with Crippen LogP contribution in [-0.2, 0) is 0 Å². The van der Waals surface area contributed by atoms with Gasteiger partial charge in [-0.3, -0.25) is 0 Å². The summed E-state index contributed by atoms with van der Waals surface area (Å²) >= 11 is 0. The highest BCUT2D eigenvalue weighted by Crippen LogP contribution is 2.18. The number of nitrogens with two attached hydrogens (primary N) is 1. The minimum absolute atomic E-state index is 0.107. The maximum absolute atomic E-state index is 6.23. The molecule has 1 rings (SSSR count). The molecule has 0 aromatic heterocycles. The summed E-state index contributed by atoms with van der Waals surface area (Å²) in [6, 6.07) is 10.4. The Kier molecular flexibility index (Phi) is 4.51. The van der Waals surface area contributed by atoms with Crippen LogP contribution in [0.15, 0.2) is 30.3 Å². The first-order valence-electron chi connectivity index (χ1n) is 5.96. The van der Waals surface area contributed by atoms with Crippen LogP contribution in [0.25, 0.3) is 0 Å². The average molecular weight is 220 g/mol. The van der Waals surface area contributed by atoms with E-state index in [4.69, 9.17) is 5.73 Å². The Morgan fingerprint density at radius 2 is 1.75 bits per heavy atom. The summed E-state index contributed by atoms with van der Waals surface area (Å²) in [4.78, 5) is 0. The van der Waals surface area contributed by atoms with E-state index >= 15 is 0 Å². The zero-order valence-corrected chi connectivity index (χ0v) is 10.8. The zero-order chi connectivity index (χ0) is 12.2. The average Bonchev–Trinajstić information content (AvgIpc) is 2.25. The molecule has 0 saturated carbocycles. The van der Waals surface area contributed by atoms with Gasteiger partial charge in [-0.15, -0.1) is 0 Å². The molecule has 0 fully saturated rings. The monoisotopic (exact) mass is 220 g/mol. The molecular formula is C14H24N2. The maximum atomic E-state index is 6.23. The van der Waals surface area contributed by atoms with E-state index < -0.39 is 0 Å².